The standard InChI is InChI=1S/C14H22N4O/c1-14(2)3-5-18(6-4-14)13(19)11-7-10-12(8-15-11)17-9-16-10/h9,11,15H,3-8H2,1-2H3,(H,16,17). The molecule has 1 amide bonds. The van der Waals surface area contributed by atoms with Gasteiger partial charge in [0.15, 0.2) is 0 Å². The van der Waals surface area contributed by atoms with Gasteiger partial charge in [0.05, 0.1) is 23.8 Å². The van der Waals surface area contributed by atoms with Crippen molar-refractivity contribution in [2.75, 3.05) is 13.1 Å². The van der Waals surface area contributed by atoms with Crippen LogP contribution in [0.2, 0.25) is 0 Å². The van der Waals surface area contributed by atoms with Crippen molar-refractivity contribution in [2.24, 2.45) is 5.41 Å². The highest BCUT2D eigenvalue weighted by molar-refractivity contribution is 5.82. The van der Waals surface area contributed by atoms with Crippen LogP contribution in [0.4, 0.5) is 0 Å². The molecule has 3 rings (SSSR count). The molecule has 0 spiro atoms. The highest BCUT2D eigenvalue weighted by Gasteiger charge is 2.33. The third-order valence-electron chi connectivity index (χ3n) is 4.46. The summed E-state index contributed by atoms with van der Waals surface area (Å²) < 4.78 is 0. The SMILES string of the molecule is CC1(C)CCN(C(=O)C2Cc3nc[nH]c3CN2)CC1. The lowest BCUT2D eigenvalue weighted by Gasteiger charge is -2.39. The van der Waals surface area contributed by atoms with Gasteiger partial charge in [-0.2, -0.15) is 0 Å². The van der Waals surface area contributed by atoms with Gasteiger partial charge >= 0.3 is 0 Å². The van der Waals surface area contributed by atoms with E-state index in [9.17, 15) is 4.79 Å². The topological polar surface area (TPSA) is 61.0 Å². The Morgan fingerprint density at radius 2 is 2.16 bits per heavy atom. The van der Waals surface area contributed by atoms with Crippen LogP contribution >= 0.6 is 0 Å². The number of imidazole rings is 1. The molecule has 1 aromatic heterocycles. The Hall–Kier alpha value is -1.36. The minimum Gasteiger partial charge on any atom is -0.347 e. The minimum absolute atomic E-state index is 0.1000. The molecule has 0 aromatic carbocycles. The Labute approximate surface area is 113 Å². The summed E-state index contributed by atoms with van der Waals surface area (Å²) in [6.07, 6.45) is 4.61. The number of nitrogens with zero attached hydrogens (tertiary/aromatic N) is 2. The van der Waals surface area contributed by atoms with Crippen molar-refractivity contribution in [2.45, 2.75) is 45.7 Å². The Kier molecular flexibility index (Phi) is 3.09. The van der Waals surface area contributed by atoms with E-state index >= 15 is 0 Å². The third-order valence-corrected chi connectivity index (χ3v) is 4.46. The molecule has 1 atom stereocenters. The summed E-state index contributed by atoms with van der Waals surface area (Å²) >= 11 is 0. The average Bonchev–Trinajstić information content (AvgIpc) is 2.85. The summed E-state index contributed by atoms with van der Waals surface area (Å²) in [5, 5.41) is 3.32. The van der Waals surface area contributed by atoms with E-state index in [4.69, 9.17) is 0 Å². The van der Waals surface area contributed by atoms with Crippen LogP contribution in [0.15, 0.2) is 6.33 Å². The predicted octanol–water partition coefficient (Wildman–Crippen LogP) is 1.07. The fourth-order valence-electron chi connectivity index (χ4n) is 2.90. The van der Waals surface area contributed by atoms with Crippen molar-refractivity contribution in [1.82, 2.24) is 20.2 Å². The van der Waals surface area contributed by atoms with Crippen molar-refractivity contribution < 1.29 is 4.79 Å². The maximum Gasteiger partial charge on any atom is 0.240 e. The number of likely N-dealkylation sites (tertiary alicyclic amines) is 1. The largest absolute Gasteiger partial charge is 0.347 e. The number of carbonyl (C=O) groups is 1. The highest BCUT2D eigenvalue weighted by atomic mass is 16.2. The maximum atomic E-state index is 12.5. The van der Waals surface area contributed by atoms with E-state index in [1.54, 1.807) is 6.33 Å². The first-order chi connectivity index (χ1) is 9.05. The van der Waals surface area contributed by atoms with Crippen molar-refractivity contribution >= 4 is 5.91 Å². The van der Waals surface area contributed by atoms with Gasteiger partial charge in [-0.3, -0.25) is 10.1 Å². The molecule has 0 saturated carbocycles. The first kappa shape index (κ1) is 12.7. The molecule has 2 aliphatic heterocycles. The Balaban J connectivity index is 1.63. The second kappa shape index (κ2) is 4.63. The molecule has 0 radical (unpaired) electrons. The number of nitrogens with one attached hydrogen (secondary N) is 2. The second-order valence-corrected chi connectivity index (χ2v) is 6.45. The van der Waals surface area contributed by atoms with E-state index in [-0.39, 0.29) is 11.9 Å². The normalized spacial score (nSPS) is 26.0. The van der Waals surface area contributed by atoms with Crippen molar-refractivity contribution in [3.63, 3.8) is 0 Å². The lowest BCUT2D eigenvalue weighted by atomic mass is 9.82. The number of fused-ring (bicyclic) bond motifs is 1. The van der Waals surface area contributed by atoms with E-state index in [0.29, 0.717) is 18.4 Å². The molecule has 1 fully saturated rings. The van der Waals surface area contributed by atoms with Gasteiger partial charge in [-0.25, -0.2) is 4.98 Å². The first-order valence-electron chi connectivity index (χ1n) is 7.08. The van der Waals surface area contributed by atoms with Crippen molar-refractivity contribution in [3.8, 4) is 0 Å². The van der Waals surface area contributed by atoms with Gasteiger partial charge < -0.3 is 9.88 Å². The molecule has 5 nitrogen and oxygen atoms in total. The van der Waals surface area contributed by atoms with Crippen LogP contribution < -0.4 is 5.32 Å². The van der Waals surface area contributed by atoms with Gasteiger partial charge in [0, 0.05) is 26.1 Å². The Morgan fingerprint density at radius 3 is 2.89 bits per heavy atom. The zero-order valence-electron chi connectivity index (χ0n) is 11.7. The van der Waals surface area contributed by atoms with Gasteiger partial charge in [-0.15, -0.1) is 0 Å². The molecule has 104 valence electrons. The molecular formula is C14H22N4O. The summed E-state index contributed by atoms with van der Waals surface area (Å²) in [5.41, 5.74) is 2.53. The number of H-pyrrole nitrogens is 1. The third kappa shape index (κ3) is 2.52. The Morgan fingerprint density at radius 1 is 1.42 bits per heavy atom. The molecule has 0 bridgehead atoms. The molecule has 1 unspecified atom stereocenters. The molecule has 3 heterocycles. The number of rotatable bonds is 1. The summed E-state index contributed by atoms with van der Waals surface area (Å²) in [4.78, 5) is 21.9. The number of aromatic nitrogens is 2. The fraction of sp³-hybridized carbons (Fsp3) is 0.714. The molecule has 5 heteroatoms. The summed E-state index contributed by atoms with van der Waals surface area (Å²) in [6.45, 7) is 7.05. The lowest BCUT2D eigenvalue weighted by Crippen LogP contribution is -2.52. The predicted molar refractivity (Wildman–Crippen MR) is 72.5 cm³/mol. The van der Waals surface area contributed by atoms with Crippen LogP contribution in [-0.4, -0.2) is 39.9 Å². The summed E-state index contributed by atoms with van der Waals surface area (Å²) in [5.74, 6) is 0.240. The van der Waals surface area contributed by atoms with E-state index < -0.39 is 0 Å². The number of hydrogen-bond donors (Lipinski definition) is 2. The summed E-state index contributed by atoms with van der Waals surface area (Å²) in [6, 6.07) is -0.1000. The van der Waals surface area contributed by atoms with Crippen LogP contribution in [0.3, 0.4) is 0 Å². The quantitative estimate of drug-likeness (QED) is 0.796. The molecule has 1 aromatic rings. The zero-order chi connectivity index (χ0) is 13.5. The fourth-order valence-corrected chi connectivity index (χ4v) is 2.90. The zero-order valence-corrected chi connectivity index (χ0v) is 11.7. The molecule has 1 saturated heterocycles. The minimum atomic E-state index is -0.1000. The second-order valence-electron chi connectivity index (χ2n) is 6.45. The molecule has 2 N–H and O–H groups in total. The number of aromatic amines is 1. The lowest BCUT2D eigenvalue weighted by molar-refractivity contribution is -0.135. The monoisotopic (exact) mass is 262 g/mol. The smallest absolute Gasteiger partial charge is 0.240 e. The highest BCUT2D eigenvalue weighted by Crippen LogP contribution is 2.30. The summed E-state index contributed by atoms with van der Waals surface area (Å²) in [7, 11) is 0. The van der Waals surface area contributed by atoms with E-state index in [0.717, 1.165) is 37.3 Å². The number of amides is 1. The van der Waals surface area contributed by atoms with E-state index in [2.05, 4.69) is 29.1 Å². The van der Waals surface area contributed by atoms with Crippen LogP contribution in [0.25, 0.3) is 0 Å². The number of hydrogen-bond acceptors (Lipinski definition) is 3. The molecule has 19 heavy (non-hydrogen) atoms. The van der Waals surface area contributed by atoms with Gasteiger partial charge in [0.1, 0.15) is 0 Å². The van der Waals surface area contributed by atoms with Crippen LogP contribution in [-0.2, 0) is 17.8 Å². The maximum absolute atomic E-state index is 12.5. The molecular weight excluding hydrogens is 240 g/mol. The molecule has 2 aliphatic rings. The Bertz CT molecular complexity index is 470. The van der Waals surface area contributed by atoms with Crippen LogP contribution in [0, 0.1) is 5.41 Å². The van der Waals surface area contributed by atoms with Crippen LogP contribution in [0.5, 0.6) is 0 Å². The van der Waals surface area contributed by atoms with E-state index in [1.165, 1.54) is 0 Å². The number of carbonyl (C=O) groups excluding carboxylic acids is 1. The first-order valence-corrected chi connectivity index (χ1v) is 7.08. The van der Waals surface area contributed by atoms with E-state index in [1.807, 2.05) is 4.90 Å². The van der Waals surface area contributed by atoms with Gasteiger partial charge in [-0.1, -0.05) is 13.8 Å². The molecule has 0 aliphatic carbocycles. The van der Waals surface area contributed by atoms with Gasteiger partial charge in [-0.05, 0) is 18.3 Å². The van der Waals surface area contributed by atoms with Crippen molar-refractivity contribution in [1.29, 1.82) is 0 Å². The van der Waals surface area contributed by atoms with Crippen LogP contribution in [0.1, 0.15) is 38.1 Å². The van der Waals surface area contributed by atoms with Gasteiger partial charge in [0.2, 0.25) is 5.91 Å². The van der Waals surface area contributed by atoms with Crippen molar-refractivity contribution in [3.05, 3.63) is 17.7 Å². The van der Waals surface area contributed by atoms with Gasteiger partial charge in [0.25, 0.3) is 0 Å². The average molecular weight is 262 g/mol. The number of piperidine rings is 1.